The highest BCUT2D eigenvalue weighted by Crippen LogP contribution is 2.37. The summed E-state index contributed by atoms with van der Waals surface area (Å²) in [5, 5.41) is 10.5. The Bertz CT molecular complexity index is 544. The Labute approximate surface area is 99.3 Å². The van der Waals surface area contributed by atoms with Gasteiger partial charge >= 0.3 is 0 Å². The Kier molecular flexibility index (Phi) is 2.45. The van der Waals surface area contributed by atoms with Crippen molar-refractivity contribution >= 4 is 22.7 Å². The molecule has 84 valence electrons. The van der Waals surface area contributed by atoms with Crippen LogP contribution < -0.4 is 0 Å². The second-order valence-electron chi connectivity index (χ2n) is 4.19. The maximum absolute atomic E-state index is 9.16. The molecule has 0 radical (unpaired) electrons. The average Bonchev–Trinajstić information content (AvgIpc) is 2.58. The van der Waals surface area contributed by atoms with Crippen LogP contribution in [0.2, 0.25) is 0 Å². The number of benzene rings is 1. The van der Waals surface area contributed by atoms with E-state index in [1.807, 2.05) is 11.8 Å². The van der Waals surface area contributed by atoms with Crippen molar-refractivity contribution in [2.45, 2.75) is 24.8 Å². The van der Waals surface area contributed by atoms with Crippen LogP contribution in [0, 0.1) is 6.92 Å². The minimum atomic E-state index is 0.233. The Morgan fingerprint density at radius 1 is 1.44 bits per heavy atom. The molecule has 0 atom stereocenters. The molecule has 0 spiro atoms. The van der Waals surface area contributed by atoms with Gasteiger partial charge in [0.15, 0.2) is 0 Å². The summed E-state index contributed by atoms with van der Waals surface area (Å²) in [6.07, 6.45) is 0.767. The molecular weight excluding hydrogens is 218 g/mol. The maximum atomic E-state index is 9.16. The number of para-hydroxylation sites is 1. The number of hydrogen-bond donors (Lipinski definition) is 1. The Hall–Kier alpha value is -0.930. The number of aliphatic hydroxyl groups is 1. The summed E-state index contributed by atoms with van der Waals surface area (Å²) >= 11 is 1.94. The molecule has 1 aromatic carbocycles. The minimum Gasteiger partial charge on any atom is -0.396 e. The number of aromatic nitrogens is 1. The van der Waals surface area contributed by atoms with Crippen LogP contribution in [0.25, 0.3) is 10.9 Å². The van der Waals surface area contributed by atoms with Crippen LogP contribution in [0.5, 0.6) is 0 Å². The predicted molar refractivity (Wildman–Crippen MR) is 68.2 cm³/mol. The van der Waals surface area contributed by atoms with E-state index >= 15 is 0 Å². The number of aliphatic hydroxyl groups excluding tert-OH is 1. The minimum absolute atomic E-state index is 0.233. The molecule has 2 aromatic rings. The second-order valence-corrected chi connectivity index (χ2v) is 5.33. The molecule has 3 rings (SSSR count). The molecule has 0 fully saturated rings. The molecule has 1 aliphatic heterocycles. The molecule has 0 bridgehead atoms. The van der Waals surface area contributed by atoms with Crippen molar-refractivity contribution in [2.75, 3.05) is 12.4 Å². The van der Waals surface area contributed by atoms with Crippen molar-refractivity contribution in [1.29, 1.82) is 0 Å². The number of rotatable bonds is 2. The first-order chi connectivity index (χ1) is 7.83. The smallest absolute Gasteiger partial charge is 0.0623 e. The highest BCUT2D eigenvalue weighted by Gasteiger charge is 2.19. The fourth-order valence-corrected chi connectivity index (χ4v) is 3.67. The molecule has 0 amide bonds. The van der Waals surface area contributed by atoms with Crippen LogP contribution in [0.3, 0.4) is 0 Å². The van der Waals surface area contributed by atoms with Crippen molar-refractivity contribution in [3.8, 4) is 0 Å². The standard InChI is InChI=1S/C13H15NOS/c1-9-10(5-7-15)11-3-2-4-12-13(11)14(9)6-8-16-12/h2-4,15H,5-8H2,1H3. The van der Waals surface area contributed by atoms with Gasteiger partial charge in [0.2, 0.25) is 0 Å². The highest BCUT2D eigenvalue weighted by molar-refractivity contribution is 7.99. The Morgan fingerprint density at radius 3 is 3.12 bits per heavy atom. The number of hydrogen-bond acceptors (Lipinski definition) is 2. The van der Waals surface area contributed by atoms with Crippen LogP contribution in [-0.4, -0.2) is 22.0 Å². The van der Waals surface area contributed by atoms with Crippen molar-refractivity contribution in [3.05, 3.63) is 29.5 Å². The van der Waals surface area contributed by atoms with E-state index in [0.717, 1.165) is 18.7 Å². The van der Waals surface area contributed by atoms with Crippen LogP contribution in [0.15, 0.2) is 23.1 Å². The molecule has 1 aromatic heterocycles. The van der Waals surface area contributed by atoms with Gasteiger partial charge in [-0.15, -0.1) is 11.8 Å². The van der Waals surface area contributed by atoms with Gasteiger partial charge in [-0.25, -0.2) is 0 Å². The third-order valence-electron chi connectivity index (χ3n) is 3.37. The summed E-state index contributed by atoms with van der Waals surface area (Å²) in [7, 11) is 0. The van der Waals surface area contributed by atoms with Gasteiger partial charge in [-0.1, -0.05) is 12.1 Å². The summed E-state index contributed by atoms with van der Waals surface area (Å²) in [6, 6.07) is 6.50. The van der Waals surface area contributed by atoms with Crippen LogP contribution >= 0.6 is 11.8 Å². The summed E-state index contributed by atoms with van der Waals surface area (Å²) in [5.74, 6) is 1.15. The molecule has 16 heavy (non-hydrogen) atoms. The van der Waals surface area contributed by atoms with Crippen molar-refractivity contribution in [2.24, 2.45) is 0 Å². The van der Waals surface area contributed by atoms with Crippen LogP contribution in [-0.2, 0) is 13.0 Å². The van der Waals surface area contributed by atoms with Crippen LogP contribution in [0.1, 0.15) is 11.3 Å². The van der Waals surface area contributed by atoms with E-state index < -0.39 is 0 Å². The average molecular weight is 233 g/mol. The molecule has 2 nitrogen and oxygen atoms in total. The van der Waals surface area contributed by atoms with Gasteiger partial charge in [-0.3, -0.25) is 0 Å². The van der Waals surface area contributed by atoms with E-state index in [9.17, 15) is 0 Å². The van der Waals surface area contributed by atoms with Gasteiger partial charge < -0.3 is 9.67 Å². The van der Waals surface area contributed by atoms with E-state index in [-0.39, 0.29) is 6.61 Å². The number of aryl methyl sites for hydroxylation is 1. The second kappa shape index (κ2) is 3.82. The highest BCUT2D eigenvalue weighted by atomic mass is 32.2. The largest absolute Gasteiger partial charge is 0.396 e. The first-order valence-corrected chi connectivity index (χ1v) is 6.66. The van der Waals surface area contributed by atoms with Crippen LogP contribution in [0.4, 0.5) is 0 Å². The zero-order valence-corrected chi connectivity index (χ0v) is 10.2. The number of nitrogens with zero attached hydrogens (tertiary/aromatic N) is 1. The molecule has 3 heteroatoms. The third kappa shape index (κ3) is 1.31. The lowest BCUT2D eigenvalue weighted by Gasteiger charge is -2.16. The number of thioether (sulfide) groups is 1. The van der Waals surface area contributed by atoms with Gasteiger partial charge in [-0.2, -0.15) is 0 Å². The van der Waals surface area contributed by atoms with Crippen molar-refractivity contribution in [3.63, 3.8) is 0 Å². The third-order valence-corrected chi connectivity index (χ3v) is 4.40. The molecule has 1 N–H and O–H groups in total. The lowest BCUT2D eigenvalue weighted by molar-refractivity contribution is 0.299. The summed E-state index contributed by atoms with van der Waals surface area (Å²) in [6.45, 7) is 3.50. The van der Waals surface area contributed by atoms with Crippen molar-refractivity contribution < 1.29 is 5.11 Å². The molecule has 1 aliphatic rings. The summed E-state index contributed by atoms with van der Waals surface area (Å²) in [4.78, 5) is 1.39. The lowest BCUT2D eigenvalue weighted by Crippen LogP contribution is -2.07. The fraction of sp³-hybridized carbons (Fsp3) is 0.385. The van der Waals surface area contributed by atoms with Gasteiger partial charge in [0.25, 0.3) is 0 Å². The van der Waals surface area contributed by atoms with Gasteiger partial charge in [0.05, 0.1) is 5.52 Å². The predicted octanol–water partition coefficient (Wildman–Crippen LogP) is 2.59. The fourth-order valence-electron chi connectivity index (χ4n) is 2.64. The lowest BCUT2D eigenvalue weighted by atomic mass is 10.1. The normalized spacial score (nSPS) is 14.6. The molecule has 0 aliphatic carbocycles. The summed E-state index contributed by atoms with van der Waals surface area (Å²) < 4.78 is 2.41. The van der Waals surface area contributed by atoms with Gasteiger partial charge in [0, 0.05) is 34.9 Å². The molecule has 0 unspecified atom stereocenters. The van der Waals surface area contributed by atoms with E-state index in [2.05, 4.69) is 29.7 Å². The monoisotopic (exact) mass is 233 g/mol. The van der Waals surface area contributed by atoms with E-state index in [1.54, 1.807) is 0 Å². The van der Waals surface area contributed by atoms with Gasteiger partial charge in [0.1, 0.15) is 0 Å². The topological polar surface area (TPSA) is 25.2 Å². The SMILES string of the molecule is Cc1c(CCO)c2cccc3c2n1CCS3. The first kappa shape index (κ1) is 10.2. The molecule has 0 saturated carbocycles. The summed E-state index contributed by atoms with van der Waals surface area (Å²) in [5.41, 5.74) is 4.03. The van der Waals surface area contributed by atoms with E-state index in [4.69, 9.17) is 5.11 Å². The van der Waals surface area contributed by atoms with Gasteiger partial charge in [-0.05, 0) is 25.0 Å². The van der Waals surface area contributed by atoms with Crippen molar-refractivity contribution in [1.82, 2.24) is 4.57 Å². The first-order valence-electron chi connectivity index (χ1n) is 5.67. The quantitative estimate of drug-likeness (QED) is 0.862. The molecule has 0 saturated heterocycles. The molecular formula is C13H15NOS. The maximum Gasteiger partial charge on any atom is 0.0623 e. The zero-order chi connectivity index (χ0) is 11.1. The Morgan fingerprint density at radius 2 is 2.31 bits per heavy atom. The zero-order valence-electron chi connectivity index (χ0n) is 9.36. The molecule has 2 heterocycles. The van der Waals surface area contributed by atoms with E-state index in [0.29, 0.717) is 0 Å². The Balaban J connectivity index is 2.36. The van der Waals surface area contributed by atoms with E-state index in [1.165, 1.54) is 27.1 Å².